The lowest BCUT2D eigenvalue weighted by atomic mass is 9.93. The summed E-state index contributed by atoms with van der Waals surface area (Å²) in [6.07, 6.45) is -34.7. The fourth-order valence-electron chi connectivity index (χ4n) is 5.46. The van der Waals surface area contributed by atoms with E-state index in [4.69, 9.17) is 0 Å². The molecule has 40 heteroatoms. The molecule has 0 aromatic heterocycles. The molecule has 0 fully saturated rings. The van der Waals surface area contributed by atoms with Gasteiger partial charge in [-0.2, -0.15) is 171 Å². The monoisotopic (exact) mass is 1140 g/mol. The van der Waals surface area contributed by atoms with Crippen LogP contribution in [-0.4, -0.2) is 115 Å². The van der Waals surface area contributed by atoms with E-state index in [1.165, 1.54) is 5.92 Å². The summed E-state index contributed by atoms with van der Waals surface area (Å²) in [5, 5.41) is 0. The first-order valence-electron chi connectivity index (χ1n) is 16.7. The first kappa shape index (κ1) is 66.0. The number of hydrogen-bond acceptors (Lipinski definition) is 0. The van der Waals surface area contributed by atoms with E-state index >= 15 is 0 Å². The summed E-state index contributed by atoms with van der Waals surface area (Å²) in [5.41, 5.74) is 0. The molecule has 0 amide bonds. The van der Waals surface area contributed by atoms with E-state index in [0.29, 0.717) is 0 Å². The van der Waals surface area contributed by atoms with Gasteiger partial charge in [0.15, 0.2) is 0 Å². The second-order valence-corrected chi connectivity index (χ2v) is 19.6. The van der Waals surface area contributed by atoms with Gasteiger partial charge in [-0.1, -0.05) is 24.2 Å². The minimum atomic E-state index is -8.86. The summed E-state index contributed by atoms with van der Waals surface area (Å²) in [6, 6.07) is -11.8. The van der Waals surface area contributed by atoms with Crippen LogP contribution in [0.2, 0.25) is 24.2 Å². The van der Waals surface area contributed by atoms with Crippen LogP contribution >= 0.6 is 0 Å². The molecule has 0 unspecified atom stereocenters. The van der Waals surface area contributed by atoms with Crippen LogP contribution in [0.15, 0.2) is 0 Å². The van der Waals surface area contributed by atoms with E-state index < -0.39 is 172 Å². The molecule has 0 rings (SSSR count). The Hall–Kier alpha value is -2.95. The van der Waals surface area contributed by atoms with Crippen LogP contribution < -0.4 is 0 Å². The standard InChI is InChI=1S/C29H19F39Si/c1-2-3-4-8-69(9-5-12(30,31)15(36,37)18(42,43)21(48,49)24(54,55)27(60,61)62,10-6-13(32,33)16(38,39)19(44,45)22(50,51)25(56,57)28(63,64)65)11-7-14(34,35)17(40,41)20(46,47)23(52,53)26(58,59)29(66,67)68/h1H,3-11H2. The number of halogens is 39. The van der Waals surface area contributed by atoms with Crippen LogP contribution in [0.1, 0.15) is 32.1 Å². The molecule has 69 heavy (non-hydrogen) atoms. The Morgan fingerprint density at radius 2 is 0.420 bits per heavy atom. The number of unbranched alkanes of at least 4 members (excludes halogenated alkanes) is 1. The molecule has 0 nitrogen and oxygen atoms in total. The molecule has 0 spiro atoms. The SMILES string of the molecule is C#CCCC[Si](CCC(F)(F)C(F)(F)C(F)(F)C(F)(F)C(F)(F)C(F)(F)F)(CCC(F)(F)C(F)(F)C(F)(F)C(F)(F)C(F)(F)C(F)(F)F)CCC(F)(F)C(F)(F)C(F)(F)C(F)(F)C(F)(F)C(F)(F)F. The largest absolute Gasteiger partial charge is 0.460 e. The Labute approximate surface area is 356 Å². The highest BCUT2D eigenvalue weighted by molar-refractivity contribution is 6.79. The predicted molar refractivity (Wildman–Crippen MR) is 149 cm³/mol. The van der Waals surface area contributed by atoms with Crippen molar-refractivity contribution in [1.82, 2.24) is 0 Å². The van der Waals surface area contributed by atoms with E-state index in [2.05, 4.69) is 6.42 Å². The van der Waals surface area contributed by atoms with Crippen molar-refractivity contribution in [2.45, 2.75) is 164 Å². The second-order valence-electron chi connectivity index (χ2n) is 14.6. The quantitative estimate of drug-likeness (QED) is 0.0391. The highest BCUT2D eigenvalue weighted by atomic mass is 28.3. The van der Waals surface area contributed by atoms with Gasteiger partial charge in [0.2, 0.25) is 0 Å². The summed E-state index contributed by atoms with van der Waals surface area (Å²) >= 11 is 0. The van der Waals surface area contributed by atoms with E-state index in [1.54, 1.807) is 0 Å². The van der Waals surface area contributed by atoms with Crippen LogP contribution in [0, 0.1) is 12.3 Å². The molecule has 0 bridgehead atoms. The zero-order valence-corrected chi connectivity index (χ0v) is 32.7. The van der Waals surface area contributed by atoms with E-state index in [1.807, 2.05) is 0 Å². The van der Waals surface area contributed by atoms with Gasteiger partial charge in [0, 0.05) is 25.7 Å². The zero-order chi connectivity index (χ0) is 56.6. The van der Waals surface area contributed by atoms with Crippen LogP contribution in [0.25, 0.3) is 0 Å². The van der Waals surface area contributed by atoms with Crippen molar-refractivity contribution < 1.29 is 171 Å². The van der Waals surface area contributed by atoms with Crippen LogP contribution in [0.4, 0.5) is 171 Å². The van der Waals surface area contributed by atoms with Crippen molar-refractivity contribution in [1.29, 1.82) is 0 Å². The Kier molecular flexibility index (Phi) is 17.4. The fraction of sp³-hybridized carbons (Fsp3) is 0.931. The molecule has 0 aromatic carbocycles. The molecule has 0 radical (unpaired) electrons. The summed E-state index contributed by atoms with van der Waals surface area (Å²) in [6.45, 7) is 0. The van der Waals surface area contributed by atoms with Crippen LogP contribution in [0.3, 0.4) is 0 Å². The highest BCUT2D eigenvalue weighted by Crippen LogP contribution is 2.65. The highest BCUT2D eigenvalue weighted by Gasteiger charge is 2.93. The lowest BCUT2D eigenvalue weighted by Gasteiger charge is -2.43. The maximum Gasteiger partial charge on any atom is 0.460 e. The lowest BCUT2D eigenvalue weighted by molar-refractivity contribution is -0.440. The van der Waals surface area contributed by atoms with Crippen molar-refractivity contribution in [2.24, 2.45) is 0 Å². The first-order chi connectivity index (χ1) is 29.4. The van der Waals surface area contributed by atoms with Crippen molar-refractivity contribution in [3.63, 3.8) is 0 Å². The summed E-state index contributed by atoms with van der Waals surface area (Å²) in [7, 11) is -6.73. The maximum atomic E-state index is 14.8. The molecule has 0 aromatic rings. The average Bonchev–Trinajstić information content (AvgIpc) is 3.12. The number of hydrogen-bond donors (Lipinski definition) is 0. The average molecular weight is 1140 g/mol. The van der Waals surface area contributed by atoms with Crippen LogP contribution in [0.5, 0.6) is 0 Å². The first-order valence-corrected chi connectivity index (χ1v) is 19.6. The van der Waals surface area contributed by atoms with Gasteiger partial charge in [-0.3, -0.25) is 0 Å². The molecule has 0 atom stereocenters. The molecule has 0 saturated carbocycles. The van der Waals surface area contributed by atoms with Gasteiger partial charge < -0.3 is 0 Å². The lowest BCUT2D eigenvalue weighted by Crippen LogP contribution is -2.70. The molecule has 0 aliphatic carbocycles. The van der Waals surface area contributed by atoms with E-state index in [-0.39, 0.29) is 0 Å². The normalized spacial score (nSPS) is 16.6. The topological polar surface area (TPSA) is 0 Å². The third kappa shape index (κ3) is 10.2. The van der Waals surface area contributed by atoms with Crippen molar-refractivity contribution in [2.75, 3.05) is 0 Å². The van der Waals surface area contributed by atoms with Gasteiger partial charge in [-0.15, -0.1) is 12.3 Å². The molecule has 0 heterocycles. The van der Waals surface area contributed by atoms with Gasteiger partial charge >= 0.3 is 107 Å². The third-order valence-corrected chi connectivity index (χ3v) is 15.3. The Bertz CT molecular complexity index is 1600. The minimum Gasteiger partial charge on any atom is -0.200 e. The molecule has 0 aliphatic rings. The van der Waals surface area contributed by atoms with Crippen LogP contribution in [-0.2, 0) is 0 Å². The second kappa shape index (κ2) is 18.2. The molecular weight excluding hydrogens is 1120 g/mol. The predicted octanol–water partition coefficient (Wildman–Crippen LogP) is 16.2. The van der Waals surface area contributed by atoms with Gasteiger partial charge in [0.1, 0.15) is 0 Å². The van der Waals surface area contributed by atoms with Gasteiger partial charge in [-0.05, 0) is 6.42 Å². The summed E-state index contributed by atoms with van der Waals surface area (Å²) < 4.78 is 534. The van der Waals surface area contributed by atoms with Crippen molar-refractivity contribution >= 4 is 8.07 Å². The van der Waals surface area contributed by atoms with E-state index in [0.717, 1.165) is 0 Å². The fourth-order valence-corrected chi connectivity index (χ4v) is 10.4. The van der Waals surface area contributed by atoms with E-state index in [9.17, 15) is 171 Å². The molecule has 0 N–H and O–H groups in total. The summed E-state index contributed by atoms with van der Waals surface area (Å²) in [4.78, 5) is 0. The van der Waals surface area contributed by atoms with Gasteiger partial charge in [0.05, 0.1) is 8.07 Å². The Morgan fingerprint density at radius 1 is 0.246 bits per heavy atom. The molecule has 0 saturated heterocycles. The number of rotatable bonds is 24. The molecule has 412 valence electrons. The number of terminal acetylenes is 1. The summed E-state index contributed by atoms with van der Waals surface area (Å²) in [5.74, 6) is -126. The molecule has 0 aliphatic heterocycles. The van der Waals surface area contributed by atoms with Gasteiger partial charge in [0.25, 0.3) is 0 Å². The van der Waals surface area contributed by atoms with Crippen molar-refractivity contribution in [3.8, 4) is 12.3 Å². The smallest absolute Gasteiger partial charge is 0.200 e. The maximum absolute atomic E-state index is 14.8. The zero-order valence-electron chi connectivity index (χ0n) is 31.7. The van der Waals surface area contributed by atoms with Gasteiger partial charge in [-0.25, -0.2) is 0 Å². The van der Waals surface area contributed by atoms with Crippen molar-refractivity contribution in [3.05, 3.63) is 0 Å². The number of alkyl halides is 39. The Balaban J connectivity index is 8.21. The third-order valence-electron chi connectivity index (χ3n) is 9.93. The minimum absolute atomic E-state index is 1.30. The Morgan fingerprint density at radius 3 is 0.580 bits per heavy atom. The molecular formula is C29H19F39Si.